The van der Waals surface area contributed by atoms with Gasteiger partial charge in [0.1, 0.15) is 0 Å². The lowest BCUT2D eigenvalue weighted by Gasteiger charge is -2.34. The Morgan fingerprint density at radius 2 is 1.65 bits per heavy atom. The minimum absolute atomic E-state index is 0.0305. The van der Waals surface area contributed by atoms with Crippen molar-refractivity contribution in [1.82, 2.24) is 5.32 Å². The Labute approximate surface area is 210 Å². The first kappa shape index (κ1) is 25.5. The largest absolute Gasteiger partial charge is 0.416 e. The predicted octanol–water partition coefficient (Wildman–Crippen LogP) is 5.48. The van der Waals surface area contributed by atoms with Gasteiger partial charge in [0.05, 0.1) is 50.4 Å². The number of halogens is 3. The summed E-state index contributed by atoms with van der Waals surface area (Å²) in [5.74, 6) is 0. The van der Waals surface area contributed by atoms with Crippen LogP contribution in [0.4, 0.5) is 23.7 Å². The first-order chi connectivity index (χ1) is 17.5. The molecule has 0 aromatic heterocycles. The van der Waals surface area contributed by atoms with Gasteiger partial charge in [-0.3, -0.25) is 4.90 Å². The zero-order valence-electron chi connectivity index (χ0n) is 19.1. The lowest BCUT2D eigenvalue weighted by molar-refractivity contribution is -0.137. The maximum Gasteiger partial charge on any atom is 0.416 e. The lowest BCUT2D eigenvalue weighted by Crippen LogP contribution is -2.46. The molecule has 0 unspecified atom stereocenters. The van der Waals surface area contributed by atoms with Crippen LogP contribution in [0.15, 0.2) is 93.9 Å². The first-order valence-corrected chi connectivity index (χ1v) is 12.2. The second-order valence-corrected chi connectivity index (χ2v) is 9.98. The van der Waals surface area contributed by atoms with Crippen molar-refractivity contribution in [3.8, 4) is 12.1 Å². The molecule has 0 bridgehead atoms. The summed E-state index contributed by atoms with van der Waals surface area (Å²) in [6, 6.07) is 17.1. The second kappa shape index (κ2) is 9.45. The molecule has 1 heterocycles. The molecule has 11 heteroatoms. The van der Waals surface area contributed by atoms with Crippen LogP contribution < -0.4 is 10.2 Å². The highest BCUT2D eigenvalue weighted by Gasteiger charge is 2.37. The number of carbonyl (C=O) groups is 1. The summed E-state index contributed by atoms with van der Waals surface area (Å²) in [6.07, 6.45) is -4.65. The SMILES string of the molecule is CC1=C(C#N)[C@@H](c2ccc(C#N)cc2S(=O)(=O)c2ccccc2)NC(=O)N1c1cccc(C(F)(F)F)c1. The van der Waals surface area contributed by atoms with Crippen LogP contribution in [0.1, 0.15) is 29.7 Å². The molecule has 0 fully saturated rings. The summed E-state index contributed by atoms with van der Waals surface area (Å²) < 4.78 is 66.8. The van der Waals surface area contributed by atoms with Crippen LogP contribution in [0.2, 0.25) is 0 Å². The fraction of sp³-hybridized carbons (Fsp3) is 0.115. The number of rotatable bonds is 4. The van der Waals surface area contributed by atoms with E-state index in [9.17, 15) is 36.9 Å². The van der Waals surface area contributed by atoms with Crippen molar-refractivity contribution in [3.05, 3.63) is 101 Å². The standard InChI is InChI=1S/C26H17F3N4O3S/c1-16-22(15-31)24(32-25(34)33(16)19-7-5-6-18(13-19)26(27,28)29)21-11-10-17(14-30)12-23(21)37(35,36)20-8-3-2-4-9-20/h2-13,24H,1H3,(H,32,34)/t24-/m1/s1. The van der Waals surface area contributed by atoms with E-state index in [4.69, 9.17) is 0 Å². The lowest BCUT2D eigenvalue weighted by atomic mass is 9.94. The molecule has 2 amide bonds. The maximum absolute atomic E-state index is 13.5. The number of anilines is 1. The Bertz CT molecular complexity index is 1620. The van der Waals surface area contributed by atoms with E-state index in [0.717, 1.165) is 29.2 Å². The summed E-state index contributed by atoms with van der Waals surface area (Å²) in [5.41, 5.74) is -1.06. The number of benzene rings is 3. The van der Waals surface area contributed by atoms with Gasteiger partial charge in [-0.2, -0.15) is 23.7 Å². The Kier molecular flexibility index (Phi) is 6.51. The number of nitrogens with one attached hydrogen (secondary N) is 1. The molecule has 1 aliphatic rings. The highest BCUT2D eigenvalue weighted by Crippen LogP contribution is 2.39. The number of nitrogens with zero attached hydrogens (tertiary/aromatic N) is 3. The van der Waals surface area contributed by atoms with Gasteiger partial charge in [-0.05, 0) is 55.0 Å². The molecular weight excluding hydrogens is 505 g/mol. The first-order valence-electron chi connectivity index (χ1n) is 10.7. The molecule has 7 nitrogen and oxygen atoms in total. The van der Waals surface area contributed by atoms with Gasteiger partial charge in [0.15, 0.2) is 0 Å². The minimum atomic E-state index is -4.65. The van der Waals surface area contributed by atoms with E-state index < -0.39 is 33.6 Å². The predicted molar refractivity (Wildman–Crippen MR) is 127 cm³/mol. The van der Waals surface area contributed by atoms with Crippen LogP contribution >= 0.6 is 0 Å². The van der Waals surface area contributed by atoms with E-state index in [0.29, 0.717) is 0 Å². The average molecular weight is 523 g/mol. The van der Waals surface area contributed by atoms with Gasteiger partial charge >= 0.3 is 12.2 Å². The number of amides is 2. The van der Waals surface area contributed by atoms with Crippen molar-refractivity contribution in [3.63, 3.8) is 0 Å². The number of sulfone groups is 1. The molecule has 0 saturated heterocycles. The molecule has 0 spiro atoms. The summed E-state index contributed by atoms with van der Waals surface area (Å²) in [5, 5.41) is 21.9. The maximum atomic E-state index is 13.5. The highest BCUT2D eigenvalue weighted by molar-refractivity contribution is 7.91. The van der Waals surface area contributed by atoms with Crippen LogP contribution in [-0.4, -0.2) is 14.4 Å². The molecule has 4 rings (SSSR count). The van der Waals surface area contributed by atoms with E-state index in [1.165, 1.54) is 49.4 Å². The van der Waals surface area contributed by atoms with Crippen molar-refractivity contribution in [2.24, 2.45) is 0 Å². The zero-order chi connectivity index (χ0) is 27.0. The fourth-order valence-corrected chi connectivity index (χ4v) is 5.60. The van der Waals surface area contributed by atoms with E-state index >= 15 is 0 Å². The van der Waals surface area contributed by atoms with Crippen LogP contribution in [0.3, 0.4) is 0 Å². The second-order valence-electron chi connectivity index (χ2n) is 8.06. The average Bonchev–Trinajstić information content (AvgIpc) is 2.88. The number of carbonyl (C=O) groups excluding carboxylic acids is 1. The molecular formula is C26H17F3N4O3S. The zero-order valence-corrected chi connectivity index (χ0v) is 19.9. The number of nitriles is 2. The highest BCUT2D eigenvalue weighted by atomic mass is 32.2. The molecule has 3 aromatic carbocycles. The number of hydrogen-bond acceptors (Lipinski definition) is 5. The van der Waals surface area contributed by atoms with Gasteiger partial charge in [0, 0.05) is 5.70 Å². The van der Waals surface area contributed by atoms with Crippen LogP contribution in [0.25, 0.3) is 0 Å². The van der Waals surface area contributed by atoms with Crippen LogP contribution in [0, 0.1) is 22.7 Å². The van der Waals surface area contributed by atoms with E-state index in [-0.39, 0.29) is 37.9 Å². The summed E-state index contributed by atoms with van der Waals surface area (Å²) in [4.78, 5) is 13.7. The minimum Gasteiger partial charge on any atom is -0.326 e. The van der Waals surface area contributed by atoms with E-state index in [1.54, 1.807) is 6.07 Å². The van der Waals surface area contributed by atoms with Crippen molar-refractivity contribution in [2.75, 3.05) is 4.90 Å². The molecule has 186 valence electrons. The van der Waals surface area contributed by atoms with Crippen LogP contribution in [-0.2, 0) is 16.0 Å². The van der Waals surface area contributed by atoms with Gasteiger partial charge in [-0.25, -0.2) is 13.2 Å². The molecule has 0 aliphatic carbocycles. The number of allylic oxidation sites excluding steroid dienone is 1. The summed E-state index contributed by atoms with van der Waals surface area (Å²) >= 11 is 0. The third kappa shape index (κ3) is 4.65. The van der Waals surface area contributed by atoms with E-state index in [1.807, 2.05) is 12.1 Å². The molecule has 1 atom stereocenters. The topological polar surface area (TPSA) is 114 Å². The van der Waals surface area contributed by atoms with Crippen molar-refractivity contribution < 1.29 is 26.4 Å². The molecule has 1 aliphatic heterocycles. The monoisotopic (exact) mass is 522 g/mol. The number of hydrogen-bond donors (Lipinski definition) is 1. The summed E-state index contributed by atoms with van der Waals surface area (Å²) in [6.45, 7) is 1.39. The van der Waals surface area contributed by atoms with Gasteiger partial charge in [0.2, 0.25) is 9.84 Å². The van der Waals surface area contributed by atoms with Gasteiger partial charge in [0.25, 0.3) is 0 Å². The van der Waals surface area contributed by atoms with Gasteiger partial charge in [-0.1, -0.05) is 30.3 Å². The third-order valence-electron chi connectivity index (χ3n) is 5.83. The van der Waals surface area contributed by atoms with Crippen molar-refractivity contribution >= 4 is 21.6 Å². The quantitative estimate of drug-likeness (QED) is 0.488. The van der Waals surface area contributed by atoms with E-state index in [2.05, 4.69) is 5.32 Å². The molecule has 0 saturated carbocycles. The normalized spacial score (nSPS) is 16.1. The van der Waals surface area contributed by atoms with Crippen molar-refractivity contribution in [1.29, 1.82) is 10.5 Å². The molecule has 37 heavy (non-hydrogen) atoms. The van der Waals surface area contributed by atoms with Crippen molar-refractivity contribution in [2.45, 2.75) is 28.9 Å². The van der Waals surface area contributed by atoms with Gasteiger partial charge in [-0.15, -0.1) is 0 Å². The van der Waals surface area contributed by atoms with Crippen LogP contribution in [0.5, 0.6) is 0 Å². The Hall–Kier alpha value is -4.61. The molecule has 1 N–H and O–H groups in total. The fourth-order valence-electron chi connectivity index (χ4n) is 4.05. The Morgan fingerprint density at radius 1 is 0.946 bits per heavy atom. The Morgan fingerprint density at radius 3 is 2.27 bits per heavy atom. The molecule has 0 radical (unpaired) electrons. The summed E-state index contributed by atoms with van der Waals surface area (Å²) in [7, 11) is -4.18. The third-order valence-corrected chi connectivity index (χ3v) is 7.66. The Balaban J connectivity index is 1.89. The number of alkyl halides is 3. The smallest absolute Gasteiger partial charge is 0.326 e. The number of urea groups is 1. The van der Waals surface area contributed by atoms with Gasteiger partial charge < -0.3 is 5.32 Å². The molecule has 3 aromatic rings.